The Hall–Kier alpha value is -1.84. The fourth-order valence-electron chi connectivity index (χ4n) is 3.62. The average Bonchev–Trinajstić information content (AvgIpc) is 2.72. The molecular weight excluding hydrogens is 266 g/mol. The molecule has 112 valence electrons. The van der Waals surface area contributed by atoms with Crippen LogP contribution in [0, 0.1) is 17.8 Å². The van der Waals surface area contributed by atoms with Crippen LogP contribution in [0.15, 0.2) is 24.3 Å². The molecule has 3 rings (SSSR count). The highest BCUT2D eigenvalue weighted by Crippen LogP contribution is 2.65. The molecule has 1 aromatic rings. The minimum absolute atomic E-state index is 0.217. The lowest BCUT2D eigenvalue weighted by Crippen LogP contribution is -2.50. The third-order valence-corrected chi connectivity index (χ3v) is 5.76. The predicted molar refractivity (Wildman–Crippen MR) is 79.8 cm³/mol. The monoisotopic (exact) mass is 287 g/mol. The van der Waals surface area contributed by atoms with Gasteiger partial charge in [-0.1, -0.05) is 31.5 Å². The number of benzene rings is 1. The van der Waals surface area contributed by atoms with Gasteiger partial charge in [-0.2, -0.15) is 0 Å². The molecule has 4 heteroatoms. The molecule has 4 nitrogen and oxygen atoms in total. The van der Waals surface area contributed by atoms with E-state index >= 15 is 0 Å². The van der Waals surface area contributed by atoms with E-state index in [1.807, 2.05) is 52.0 Å². The summed E-state index contributed by atoms with van der Waals surface area (Å²) in [5.74, 6) is -0.469. The van der Waals surface area contributed by atoms with E-state index in [9.17, 15) is 9.59 Å². The van der Waals surface area contributed by atoms with Gasteiger partial charge in [0, 0.05) is 11.1 Å². The van der Waals surface area contributed by atoms with Crippen LogP contribution in [0.2, 0.25) is 0 Å². The first-order valence-electron chi connectivity index (χ1n) is 7.34. The van der Waals surface area contributed by atoms with Crippen LogP contribution in [0.25, 0.3) is 0 Å². The van der Waals surface area contributed by atoms with E-state index < -0.39 is 16.4 Å². The summed E-state index contributed by atoms with van der Waals surface area (Å²) in [5.41, 5.74) is -0.271. The number of amides is 1. The van der Waals surface area contributed by atoms with Crippen LogP contribution >= 0.6 is 0 Å². The molecule has 1 aromatic carbocycles. The summed E-state index contributed by atoms with van der Waals surface area (Å²) in [7, 11) is 0. The lowest BCUT2D eigenvalue weighted by molar-refractivity contribution is -0.165. The first-order chi connectivity index (χ1) is 9.73. The van der Waals surface area contributed by atoms with Crippen molar-refractivity contribution in [2.75, 3.05) is 5.32 Å². The van der Waals surface area contributed by atoms with Gasteiger partial charge < -0.3 is 10.1 Å². The molecule has 1 saturated heterocycles. The Bertz CT molecular complexity index is 619. The minimum atomic E-state index is -1.05. The van der Waals surface area contributed by atoms with Crippen molar-refractivity contribution in [3.05, 3.63) is 29.8 Å². The van der Waals surface area contributed by atoms with E-state index in [0.29, 0.717) is 12.8 Å². The molecule has 2 fully saturated rings. The summed E-state index contributed by atoms with van der Waals surface area (Å²) in [6.07, 6.45) is 1.28. The van der Waals surface area contributed by atoms with Crippen molar-refractivity contribution < 1.29 is 14.3 Å². The van der Waals surface area contributed by atoms with Crippen molar-refractivity contribution in [3.8, 4) is 0 Å². The van der Waals surface area contributed by atoms with Crippen molar-refractivity contribution >= 4 is 17.6 Å². The Balaban J connectivity index is 1.91. The highest BCUT2D eigenvalue weighted by Gasteiger charge is 2.75. The number of fused-ring (bicyclic) bond motifs is 2. The molecule has 1 saturated carbocycles. The molecule has 2 atom stereocenters. The van der Waals surface area contributed by atoms with Gasteiger partial charge in [0.2, 0.25) is 0 Å². The molecule has 21 heavy (non-hydrogen) atoms. The second-order valence-corrected chi connectivity index (χ2v) is 6.99. The molecule has 0 spiro atoms. The topological polar surface area (TPSA) is 55.4 Å². The molecule has 0 radical (unpaired) electrons. The quantitative estimate of drug-likeness (QED) is 0.851. The van der Waals surface area contributed by atoms with E-state index in [2.05, 4.69) is 5.32 Å². The van der Waals surface area contributed by atoms with Gasteiger partial charge in [0.25, 0.3) is 5.91 Å². The van der Waals surface area contributed by atoms with Crippen LogP contribution in [0.3, 0.4) is 0 Å². The number of esters is 1. The van der Waals surface area contributed by atoms with E-state index in [1.54, 1.807) is 0 Å². The number of hydrogen-bond acceptors (Lipinski definition) is 3. The Morgan fingerprint density at radius 1 is 1.14 bits per heavy atom. The molecule has 1 amide bonds. The minimum Gasteiger partial charge on any atom is -0.448 e. The maximum atomic E-state index is 12.8. The molecule has 2 aliphatic rings. The second-order valence-electron chi connectivity index (χ2n) is 6.99. The first-order valence-corrected chi connectivity index (χ1v) is 7.34. The summed E-state index contributed by atoms with van der Waals surface area (Å²) < 4.78 is 5.57. The largest absolute Gasteiger partial charge is 0.448 e. The summed E-state index contributed by atoms with van der Waals surface area (Å²) in [6.45, 7) is 7.82. The van der Waals surface area contributed by atoms with Crippen LogP contribution in [-0.2, 0) is 14.3 Å². The van der Waals surface area contributed by atoms with E-state index in [1.165, 1.54) is 0 Å². The highest BCUT2D eigenvalue weighted by molar-refractivity contribution is 6.03. The lowest BCUT2D eigenvalue weighted by atomic mass is 9.66. The summed E-state index contributed by atoms with van der Waals surface area (Å²) >= 11 is 0. The number of carbonyl (C=O) groups is 2. The highest BCUT2D eigenvalue weighted by atomic mass is 16.6. The lowest BCUT2D eigenvalue weighted by Gasteiger charge is -2.35. The third-order valence-electron chi connectivity index (χ3n) is 5.76. The Labute approximate surface area is 124 Å². The van der Waals surface area contributed by atoms with Crippen molar-refractivity contribution in [2.45, 2.75) is 46.1 Å². The smallest absolute Gasteiger partial charge is 0.313 e. The van der Waals surface area contributed by atoms with E-state index in [0.717, 1.165) is 11.3 Å². The number of rotatable bonds is 2. The van der Waals surface area contributed by atoms with Crippen molar-refractivity contribution in [1.29, 1.82) is 0 Å². The maximum absolute atomic E-state index is 12.8. The zero-order valence-corrected chi connectivity index (χ0v) is 12.9. The zero-order chi connectivity index (χ0) is 15.5. The fraction of sp³-hybridized carbons (Fsp3) is 0.529. The average molecular weight is 287 g/mol. The number of ether oxygens (including phenoxy) is 1. The molecule has 1 N–H and O–H groups in total. The van der Waals surface area contributed by atoms with Crippen molar-refractivity contribution in [3.63, 3.8) is 0 Å². The van der Waals surface area contributed by atoms with Crippen LogP contribution in [0.1, 0.15) is 39.2 Å². The van der Waals surface area contributed by atoms with Gasteiger partial charge in [0.1, 0.15) is 0 Å². The third kappa shape index (κ3) is 1.62. The maximum Gasteiger partial charge on any atom is 0.313 e. The first kappa shape index (κ1) is 14.1. The number of anilines is 1. The molecule has 0 unspecified atom stereocenters. The van der Waals surface area contributed by atoms with Gasteiger partial charge in [0.15, 0.2) is 5.60 Å². The predicted octanol–water partition coefficient (Wildman–Crippen LogP) is 3.06. The van der Waals surface area contributed by atoms with Crippen LogP contribution in [0.4, 0.5) is 5.69 Å². The molecule has 1 aliphatic heterocycles. The molecular formula is C17H21NO3. The van der Waals surface area contributed by atoms with Gasteiger partial charge in [-0.15, -0.1) is 0 Å². The standard InChI is InChI=1S/C17H21NO3/c1-11-5-7-12(8-6-11)18-13(19)17-10-9-16(4,14(20)21-17)15(17,2)3/h5-8H,9-10H2,1-4H3,(H,18,19)/t16-,17+/m0/s1. The Morgan fingerprint density at radius 2 is 1.76 bits per heavy atom. The van der Waals surface area contributed by atoms with E-state index in [-0.39, 0.29) is 11.9 Å². The molecule has 1 aliphatic carbocycles. The van der Waals surface area contributed by atoms with Crippen LogP contribution in [-0.4, -0.2) is 17.5 Å². The normalized spacial score (nSPS) is 32.9. The molecule has 1 heterocycles. The second kappa shape index (κ2) is 4.09. The van der Waals surface area contributed by atoms with Crippen molar-refractivity contribution in [1.82, 2.24) is 0 Å². The van der Waals surface area contributed by atoms with Gasteiger partial charge in [-0.25, -0.2) is 0 Å². The fourth-order valence-corrected chi connectivity index (χ4v) is 3.62. The molecule has 2 bridgehead atoms. The SMILES string of the molecule is Cc1ccc(NC(=O)[C@@]23CC[C@@](C)(C(=O)O2)C3(C)C)cc1. The number of hydrogen-bond donors (Lipinski definition) is 1. The summed E-state index contributed by atoms with van der Waals surface area (Å²) in [4.78, 5) is 25.0. The van der Waals surface area contributed by atoms with Gasteiger partial charge >= 0.3 is 5.97 Å². The van der Waals surface area contributed by atoms with Crippen LogP contribution < -0.4 is 5.32 Å². The van der Waals surface area contributed by atoms with Gasteiger partial charge in [-0.3, -0.25) is 9.59 Å². The van der Waals surface area contributed by atoms with E-state index in [4.69, 9.17) is 4.74 Å². The van der Waals surface area contributed by atoms with Gasteiger partial charge in [0.05, 0.1) is 5.41 Å². The number of nitrogens with one attached hydrogen (secondary N) is 1. The number of aryl methyl sites for hydroxylation is 1. The van der Waals surface area contributed by atoms with Crippen LogP contribution in [0.5, 0.6) is 0 Å². The van der Waals surface area contributed by atoms with Gasteiger partial charge in [-0.05, 0) is 38.8 Å². The zero-order valence-electron chi connectivity index (χ0n) is 12.9. The molecule has 0 aromatic heterocycles. The summed E-state index contributed by atoms with van der Waals surface area (Å²) in [6, 6.07) is 7.61. The summed E-state index contributed by atoms with van der Waals surface area (Å²) in [5, 5.41) is 2.91. The Kier molecular flexibility index (Phi) is 2.75. The Morgan fingerprint density at radius 3 is 2.24 bits per heavy atom. The van der Waals surface area contributed by atoms with Crippen molar-refractivity contribution in [2.24, 2.45) is 10.8 Å². The number of carbonyl (C=O) groups excluding carboxylic acids is 2.